The molecule has 0 aliphatic rings. The Labute approximate surface area is 191 Å². The van der Waals surface area contributed by atoms with Crippen molar-refractivity contribution in [1.82, 2.24) is 5.43 Å². The van der Waals surface area contributed by atoms with Crippen LogP contribution in [0.25, 0.3) is 21.4 Å². The molecule has 0 bridgehead atoms. The summed E-state index contributed by atoms with van der Waals surface area (Å²) in [5.41, 5.74) is 4.45. The van der Waals surface area contributed by atoms with Crippen LogP contribution in [0.15, 0.2) is 64.1 Å². The van der Waals surface area contributed by atoms with E-state index in [0.29, 0.717) is 27.3 Å². The molecule has 9 nitrogen and oxygen atoms in total. The van der Waals surface area contributed by atoms with Crippen molar-refractivity contribution >= 4 is 45.2 Å². The van der Waals surface area contributed by atoms with E-state index in [9.17, 15) is 19.7 Å². The number of esters is 1. The minimum Gasteiger partial charge on any atom is -0.465 e. The van der Waals surface area contributed by atoms with E-state index in [0.717, 1.165) is 15.8 Å². The van der Waals surface area contributed by atoms with E-state index in [1.165, 1.54) is 36.8 Å². The average molecular weight is 463 g/mol. The van der Waals surface area contributed by atoms with E-state index in [-0.39, 0.29) is 5.69 Å². The topological polar surface area (TPSA) is 124 Å². The van der Waals surface area contributed by atoms with E-state index in [1.807, 2.05) is 6.92 Å². The van der Waals surface area contributed by atoms with Gasteiger partial charge in [0.1, 0.15) is 11.5 Å². The van der Waals surface area contributed by atoms with E-state index in [2.05, 4.69) is 10.5 Å². The third-order valence-electron chi connectivity index (χ3n) is 4.84. The number of furan rings is 1. The summed E-state index contributed by atoms with van der Waals surface area (Å²) in [6, 6.07) is 14.6. The van der Waals surface area contributed by atoms with Crippen molar-refractivity contribution in [3.8, 4) is 11.3 Å². The van der Waals surface area contributed by atoms with Crippen molar-refractivity contribution < 1.29 is 23.7 Å². The highest BCUT2D eigenvalue weighted by Crippen LogP contribution is 2.29. The molecule has 2 aromatic carbocycles. The number of amides is 1. The van der Waals surface area contributed by atoms with E-state index >= 15 is 0 Å². The molecule has 33 heavy (non-hydrogen) atoms. The lowest BCUT2D eigenvalue weighted by Crippen LogP contribution is -2.15. The van der Waals surface area contributed by atoms with Crippen LogP contribution in [-0.4, -0.2) is 30.1 Å². The summed E-state index contributed by atoms with van der Waals surface area (Å²) in [6.45, 7) is 1.90. The van der Waals surface area contributed by atoms with E-state index < -0.39 is 16.8 Å². The van der Waals surface area contributed by atoms with Crippen molar-refractivity contribution in [3.05, 3.63) is 86.5 Å². The number of carbonyl (C=O) groups excluding carboxylic acids is 2. The monoisotopic (exact) mass is 463 g/mol. The minimum absolute atomic E-state index is 0.0359. The molecule has 1 amide bonds. The lowest BCUT2D eigenvalue weighted by Gasteiger charge is -2.05. The Morgan fingerprint density at radius 2 is 1.97 bits per heavy atom. The number of nitrogens with zero attached hydrogens (tertiary/aromatic N) is 2. The Balaban J connectivity index is 1.47. The van der Waals surface area contributed by atoms with Crippen LogP contribution in [0.3, 0.4) is 0 Å². The number of ether oxygens (including phenoxy) is 1. The van der Waals surface area contributed by atoms with Crippen LogP contribution in [0.1, 0.15) is 31.4 Å². The van der Waals surface area contributed by atoms with Crippen molar-refractivity contribution in [1.29, 1.82) is 0 Å². The van der Waals surface area contributed by atoms with Crippen LogP contribution in [0, 0.1) is 17.0 Å². The quantitative estimate of drug-likeness (QED) is 0.187. The molecule has 166 valence electrons. The zero-order chi connectivity index (χ0) is 23.5. The summed E-state index contributed by atoms with van der Waals surface area (Å²) < 4.78 is 11.3. The first-order chi connectivity index (χ1) is 15.9. The number of thiophene rings is 1. The van der Waals surface area contributed by atoms with Gasteiger partial charge in [-0.2, -0.15) is 5.10 Å². The fourth-order valence-electron chi connectivity index (χ4n) is 3.17. The normalized spacial score (nSPS) is 11.1. The number of benzene rings is 2. The number of hydrogen-bond donors (Lipinski definition) is 1. The molecule has 0 radical (unpaired) electrons. The second kappa shape index (κ2) is 9.05. The van der Waals surface area contributed by atoms with Gasteiger partial charge in [0.05, 0.1) is 28.7 Å². The SMILES string of the molecule is COC(=O)c1ccc(C)c(-c2ccc(C=NNC(=O)c3cc4cc([N+](=O)[O-])ccc4s3)o2)c1. The zero-order valence-electron chi connectivity index (χ0n) is 17.5. The highest BCUT2D eigenvalue weighted by molar-refractivity contribution is 7.20. The van der Waals surface area contributed by atoms with Gasteiger partial charge in [-0.15, -0.1) is 11.3 Å². The number of hydrogen-bond acceptors (Lipinski definition) is 8. The predicted molar refractivity (Wildman–Crippen MR) is 124 cm³/mol. The average Bonchev–Trinajstić information content (AvgIpc) is 3.45. The predicted octanol–water partition coefficient (Wildman–Crippen LogP) is 4.93. The summed E-state index contributed by atoms with van der Waals surface area (Å²) >= 11 is 1.21. The number of nitro groups is 1. The highest BCUT2D eigenvalue weighted by Gasteiger charge is 2.14. The van der Waals surface area contributed by atoms with Crippen LogP contribution >= 0.6 is 11.3 Å². The molecule has 10 heteroatoms. The maximum Gasteiger partial charge on any atom is 0.337 e. The molecule has 4 rings (SSSR count). The standard InChI is InChI=1S/C23H17N3O6S/c1-13-3-4-14(23(28)31-2)10-18(13)19-7-6-17(32-19)12-24-25-22(27)21-11-15-9-16(26(29)30)5-8-20(15)33-21/h3-12H,1-2H3,(H,25,27). The Morgan fingerprint density at radius 3 is 2.73 bits per heavy atom. The van der Waals surface area contributed by atoms with Gasteiger partial charge >= 0.3 is 5.97 Å². The molecule has 0 unspecified atom stereocenters. The maximum absolute atomic E-state index is 12.4. The number of carbonyl (C=O) groups is 2. The van der Waals surface area contributed by atoms with Crippen molar-refractivity contribution in [3.63, 3.8) is 0 Å². The summed E-state index contributed by atoms with van der Waals surface area (Å²) in [7, 11) is 1.32. The van der Waals surface area contributed by atoms with E-state index in [1.54, 1.807) is 42.5 Å². The number of aryl methyl sites for hydroxylation is 1. The van der Waals surface area contributed by atoms with Crippen LogP contribution in [0.2, 0.25) is 0 Å². The second-order valence-electron chi connectivity index (χ2n) is 7.01. The molecule has 2 aromatic heterocycles. The fraction of sp³-hybridized carbons (Fsp3) is 0.0870. The van der Waals surface area contributed by atoms with Gasteiger partial charge in [0, 0.05) is 27.8 Å². The molecule has 0 fully saturated rings. The Kier molecular flexibility index (Phi) is 6.01. The number of methoxy groups -OCH3 is 1. The second-order valence-corrected chi connectivity index (χ2v) is 8.10. The molecule has 0 aliphatic carbocycles. The summed E-state index contributed by atoms with van der Waals surface area (Å²) in [6.07, 6.45) is 1.36. The van der Waals surface area contributed by atoms with Crippen molar-refractivity contribution in [2.24, 2.45) is 5.10 Å². The highest BCUT2D eigenvalue weighted by atomic mass is 32.1. The Hall–Kier alpha value is -4.31. The smallest absolute Gasteiger partial charge is 0.337 e. The molecule has 0 atom stereocenters. The Morgan fingerprint density at radius 1 is 1.15 bits per heavy atom. The minimum atomic E-state index is -0.480. The molecule has 1 N–H and O–H groups in total. The number of hydrazone groups is 1. The van der Waals surface area contributed by atoms with Crippen LogP contribution in [0.4, 0.5) is 5.69 Å². The first-order valence-corrected chi connectivity index (χ1v) is 10.5. The van der Waals surface area contributed by atoms with Crippen LogP contribution < -0.4 is 5.43 Å². The largest absolute Gasteiger partial charge is 0.465 e. The summed E-state index contributed by atoms with van der Waals surface area (Å²) in [4.78, 5) is 35.0. The number of rotatable bonds is 6. The van der Waals surface area contributed by atoms with Gasteiger partial charge in [-0.3, -0.25) is 14.9 Å². The molecular formula is C23H17N3O6S. The van der Waals surface area contributed by atoms with Crippen molar-refractivity contribution in [2.75, 3.05) is 7.11 Å². The first-order valence-electron chi connectivity index (χ1n) is 9.66. The Bertz CT molecular complexity index is 1420. The lowest BCUT2D eigenvalue weighted by molar-refractivity contribution is -0.384. The molecule has 4 aromatic rings. The fourth-order valence-corrected chi connectivity index (χ4v) is 4.10. The molecule has 0 spiro atoms. The van der Waals surface area contributed by atoms with Gasteiger partial charge in [0.15, 0.2) is 0 Å². The molecule has 0 aliphatic heterocycles. The van der Waals surface area contributed by atoms with Gasteiger partial charge in [0.2, 0.25) is 0 Å². The number of nitrogens with one attached hydrogen (secondary N) is 1. The molecular weight excluding hydrogens is 446 g/mol. The van der Waals surface area contributed by atoms with Gasteiger partial charge in [-0.05, 0) is 48.9 Å². The van der Waals surface area contributed by atoms with E-state index in [4.69, 9.17) is 9.15 Å². The maximum atomic E-state index is 12.4. The zero-order valence-corrected chi connectivity index (χ0v) is 18.3. The van der Waals surface area contributed by atoms with Crippen LogP contribution in [0.5, 0.6) is 0 Å². The van der Waals surface area contributed by atoms with Gasteiger partial charge < -0.3 is 9.15 Å². The number of fused-ring (bicyclic) bond motifs is 1. The van der Waals surface area contributed by atoms with Crippen LogP contribution in [-0.2, 0) is 4.74 Å². The molecule has 2 heterocycles. The van der Waals surface area contributed by atoms with Gasteiger partial charge in [0.25, 0.3) is 11.6 Å². The third-order valence-corrected chi connectivity index (χ3v) is 5.96. The van der Waals surface area contributed by atoms with Gasteiger partial charge in [-0.25, -0.2) is 10.2 Å². The molecule has 0 saturated heterocycles. The van der Waals surface area contributed by atoms with Gasteiger partial charge in [-0.1, -0.05) is 6.07 Å². The third kappa shape index (κ3) is 4.65. The number of nitro benzene ring substituents is 1. The first kappa shape index (κ1) is 21.9. The van der Waals surface area contributed by atoms with Crippen molar-refractivity contribution in [2.45, 2.75) is 6.92 Å². The number of non-ortho nitro benzene ring substituents is 1. The molecule has 0 saturated carbocycles. The lowest BCUT2D eigenvalue weighted by atomic mass is 10.0. The summed E-state index contributed by atoms with van der Waals surface area (Å²) in [5.74, 6) is 0.0592. The summed E-state index contributed by atoms with van der Waals surface area (Å²) in [5, 5.41) is 15.5.